The van der Waals surface area contributed by atoms with Crippen molar-refractivity contribution in [2.45, 2.75) is 38.5 Å². The zero-order valence-corrected chi connectivity index (χ0v) is 12.6. The quantitative estimate of drug-likeness (QED) is 0.337. The Labute approximate surface area is 129 Å². The van der Waals surface area contributed by atoms with Crippen LogP contribution in [0.5, 0.6) is 0 Å². The average Bonchev–Trinajstić information content (AvgIpc) is 2.98. The normalized spacial score (nSPS) is 16.1. The second kappa shape index (κ2) is 7.31. The number of rotatable bonds is 5. The Morgan fingerprint density at radius 3 is 2.81 bits per heavy atom. The highest BCUT2D eigenvalue weighted by atomic mass is 35.5. The van der Waals surface area contributed by atoms with Crippen LogP contribution >= 0.6 is 11.6 Å². The molecule has 114 valence electrons. The van der Waals surface area contributed by atoms with E-state index in [1.54, 1.807) is 18.2 Å². The minimum absolute atomic E-state index is 0.0576. The van der Waals surface area contributed by atoms with Gasteiger partial charge in [0.25, 0.3) is 0 Å². The summed E-state index contributed by atoms with van der Waals surface area (Å²) in [6.07, 6.45) is 6.38. The summed E-state index contributed by atoms with van der Waals surface area (Å²) in [5.74, 6) is 0.535. The molecule has 0 unspecified atom stereocenters. The molecule has 1 aliphatic carbocycles. The molecule has 0 aromatic heterocycles. The number of anilines is 1. The molecule has 1 amide bonds. The summed E-state index contributed by atoms with van der Waals surface area (Å²) in [6.45, 7) is 0. The zero-order chi connectivity index (χ0) is 15.2. The van der Waals surface area contributed by atoms with Crippen molar-refractivity contribution < 1.29 is 10.0 Å². The Morgan fingerprint density at radius 1 is 1.43 bits per heavy atom. The van der Waals surface area contributed by atoms with Gasteiger partial charge >= 0.3 is 0 Å². The minimum Gasteiger partial charge on any atom is -0.409 e. The van der Waals surface area contributed by atoms with Gasteiger partial charge in [0.15, 0.2) is 5.84 Å². The van der Waals surface area contributed by atoms with Gasteiger partial charge in [-0.15, -0.1) is 0 Å². The molecule has 4 N–H and O–H groups in total. The second-order valence-electron chi connectivity index (χ2n) is 5.41. The van der Waals surface area contributed by atoms with Crippen molar-refractivity contribution in [3.63, 3.8) is 0 Å². The maximum Gasteiger partial charge on any atom is 0.224 e. The maximum absolute atomic E-state index is 12.0. The maximum atomic E-state index is 12.0. The molecule has 0 aliphatic heterocycles. The highest BCUT2D eigenvalue weighted by Crippen LogP contribution is 2.29. The molecule has 6 heteroatoms. The number of amides is 1. The molecule has 1 aliphatic rings. The number of amidine groups is 1. The highest BCUT2D eigenvalue weighted by molar-refractivity contribution is 6.31. The fourth-order valence-corrected chi connectivity index (χ4v) is 2.92. The lowest BCUT2D eigenvalue weighted by molar-refractivity contribution is -0.116. The van der Waals surface area contributed by atoms with Gasteiger partial charge in [-0.25, -0.2) is 0 Å². The summed E-state index contributed by atoms with van der Waals surface area (Å²) in [4.78, 5) is 12.0. The number of carbonyl (C=O) groups excluding carboxylic acids is 1. The van der Waals surface area contributed by atoms with Gasteiger partial charge in [0, 0.05) is 17.0 Å². The first-order valence-electron chi connectivity index (χ1n) is 7.17. The number of nitrogens with zero attached hydrogens (tertiary/aromatic N) is 1. The lowest BCUT2D eigenvalue weighted by atomic mass is 10.0. The van der Waals surface area contributed by atoms with E-state index in [9.17, 15) is 4.79 Å². The first-order chi connectivity index (χ1) is 10.1. The SMILES string of the molecule is NC(=NO)c1ccc(Cl)cc1NC(=O)CCC1CCCC1. The van der Waals surface area contributed by atoms with E-state index >= 15 is 0 Å². The molecule has 21 heavy (non-hydrogen) atoms. The van der Waals surface area contributed by atoms with Crippen molar-refractivity contribution in [2.75, 3.05) is 5.32 Å². The molecule has 1 aromatic rings. The van der Waals surface area contributed by atoms with Crippen LogP contribution in [0.25, 0.3) is 0 Å². The van der Waals surface area contributed by atoms with Gasteiger partial charge in [-0.2, -0.15) is 0 Å². The van der Waals surface area contributed by atoms with Gasteiger partial charge in [-0.05, 0) is 30.5 Å². The second-order valence-corrected chi connectivity index (χ2v) is 5.85. The molecular formula is C15H20ClN3O2. The fraction of sp³-hybridized carbons (Fsp3) is 0.467. The van der Waals surface area contributed by atoms with Crippen molar-refractivity contribution in [1.82, 2.24) is 0 Å². The van der Waals surface area contributed by atoms with E-state index in [2.05, 4.69) is 10.5 Å². The Hall–Kier alpha value is -1.75. The van der Waals surface area contributed by atoms with Crippen LogP contribution in [-0.4, -0.2) is 17.0 Å². The van der Waals surface area contributed by atoms with Gasteiger partial charge in [-0.3, -0.25) is 4.79 Å². The van der Waals surface area contributed by atoms with E-state index in [4.69, 9.17) is 22.5 Å². The zero-order valence-electron chi connectivity index (χ0n) is 11.8. The molecule has 1 fully saturated rings. The third kappa shape index (κ3) is 4.36. The van der Waals surface area contributed by atoms with Gasteiger partial charge in [0.05, 0.1) is 5.69 Å². The predicted molar refractivity (Wildman–Crippen MR) is 83.8 cm³/mol. The molecule has 1 aromatic carbocycles. The Bertz CT molecular complexity index is 540. The van der Waals surface area contributed by atoms with Crippen LogP contribution in [-0.2, 0) is 4.79 Å². The summed E-state index contributed by atoms with van der Waals surface area (Å²) in [5, 5.41) is 15.0. The van der Waals surface area contributed by atoms with Crippen LogP contribution in [0.4, 0.5) is 5.69 Å². The predicted octanol–water partition coefficient (Wildman–Crippen LogP) is 3.34. The van der Waals surface area contributed by atoms with Gasteiger partial charge in [0.1, 0.15) is 0 Å². The number of oxime groups is 1. The van der Waals surface area contributed by atoms with Crippen LogP contribution in [0.15, 0.2) is 23.4 Å². The van der Waals surface area contributed by atoms with Crippen LogP contribution in [0.2, 0.25) is 5.02 Å². The number of halogens is 1. The van der Waals surface area contributed by atoms with Crippen molar-refractivity contribution in [3.8, 4) is 0 Å². The molecule has 0 radical (unpaired) electrons. The molecule has 0 saturated heterocycles. The third-order valence-corrected chi connectivity index (χ3v) is 4.13. The number of nitrogens with two attached hydrogens (primary N) is 1. The van der Waals surface area contributed by atoms with E-state index in [1.165, 1.54) is 25.7 Å². The molecule has 0 bridgehead atoms. The van der Waals surface area contributed by atoms with Crippen LogP contribution in [0.1, 0.15) is 44.1 Å². The molecule has 0 spiro atoms. The molecular weight excluding hydrogens is 290 g/mol. The minimum atomic E-state index is -0.0730. The summed E-state index contributed by atoms with van der Waals surface area (Å²) in [7, 11) is 0. The number of nitrogens with one attached hydrogen (secondary N) is 1. The van der Waals surface area contributed by atoms with Crippen molar-refractivity contribution >= 4 is 29.0 Å². The Morgan fingerprint density at radius 2 is 2.14 bits per heavy atom. The van der Waals surface area contributed by atoms with E-state index < -0.39 is 0 Å². The summed E-state index contributed by atoms with van der Waals surface area (Å²) in [6, 6.07) is 4.84. The Balaban J connectivity index is 2.00. The van der Waals surface area contributed by atoms with E-state index in [0.29, 0.717) is 28.6 Å². The van der Waals surface area contributed by atoms with E-state index in [1.807, 2.05) is 0 Å². The standard InChI is InChI=1S/C15H20ClN3O2/c16-11-6-7-12(15(17)19-21)13(9-11)18-14(20)8-5-10-3-1-2-4-10/h6-7,9-10,21H,1-5,8H2,(H2,17,19)(H,18,20). The Kier molecular flexibility index (Phi) is 5.44. The van der Waals surface area contributed by atoms with E-state index in [0.717, 1.165) is 6.42 Å². The number of carbonyl (C=O) groups is 1. The molecule has 0 atom stereocenters. The van der Waals surface area contributed by atoms with Crippen LogP contribution in [0.3, 0.4) is 0 Å². The number of hydrogen-bond acceptors (Lipinski definition) is 3. The molecule has 2 rings (SSSR count). The smallest absolute Gasteiger partial charge is 0.224 e. The van der Waals surface area contributed by atoms with Crippen molar-refractivity contribution in [2.24, 2.45) is 16.8 Å². The van der Waals surface area contributed by atoms with Gasteiger partial charge in [0.2, 0.25) is 5.91 Å². The summed E-state index contributed by atoms with van der Waals surface area (Å²) < 4.78 is 0. The lowest BCUT2D eigenvalue weighted by Gasteiger charge is -2.12. The summed E-state index contributed by atoms with van der Waals surface area (Å²) in [5.41, 5.74) is 6.52. The monoisotopic (exact) mass is 309 g/mol. The first-order valence-corrected chi connectivity index (χ1v) is 7.55. The summed E-state index contributed by atoms with van der Waals surface area (Å²) >= 11 is 5.93. The molecule has 5 nitrogen and oxygen atoms in total. The molecule has 0 heterocycles. The van der Waals surface area contributed by atoms with E-state index in [-0.39, 0.29) is 11.7 Å². The fourth-order valence-electron chi connectivity index (χ4n) is 2.74. The molecule has 1 saturated carbocycles. The van der Waals surface area contributed by atoms with Crippen LogP contribution < -0.4 is 11.1 Å². The average molecular weight is 310 g/mol. The highest BCUT2D eigenvalue weighted by Gasteiger charge is 2.17. The van der Waals surface area contributed by atoms with Gasteiger partial charge < -0.3 is 16.3 Å². The van der Waals surface area contributed by atoms with Crippen LogP contribution in [0, 0.1) is 5.92 Å². The lowest BCUT2D eigenvalue weighted by Crippen LogP contribution is -2.19. The van der Waals surface area contributed by atoms with Crippen molar-refractivity contribution in [1.29, 1.82) is 0 Å². The van der Waals surface area contributed by atoms with Crippen molar-refractivity contribution in [3.05, 3.63) is 28.8 Å². The number of hydrogen-bond donors (Lipinski definition) is 3. The largest absolute Gasteiger partial charge is 0.409 e. The van der Waals surface area contributed by atoms with Gasteiger partial charge in [-0.1, -0.05) is 42.4 Å². The first kappa shape index (κ1) is 15.6. The third-order valence-electron chi connectivity index (χ3n) is 3.89. The topological polar surface area (TPSA) is 87.7 Å². The number of benzene rings is 1.